The SMILES string of the molecule is CC(C)NCC(OC1CCCCC1)c1ccccc1Br. The second-order valence-electron chi connectivity index (χ2n) is 5.97. The van der Waals surface area contributed by atoms with Gasteiger partial charge in [-0.05, 0) is 24.5 Å². The van der Waals surface area contributed by atoms with Crippen molar-refractivity contribution in [1.82, 2.24) is 5.32 Å². The monoisotopic (exact) mass is 339 g/mol. The van der Waals surface area contributed by atoms with Crippen LogP contribution >= 0.6 is 15.9 Å². The quantitative estimate of drug-likeness (QED) is 0.800. The van der Waals surface area contributed by atoms with E-state index in [4.69, 9.17) is 4.74 Å². The van der Waals surface area contributed by atoms with Crippen LogP contribution in [-0.2, 0) is 4.74 Å². The first-order valence-corrected chi connectivity index (χ1v) is 8.59. The van der Waals surface area contributed by atoms with Crippen molar-refractivity contribution in [2.75, 3.05) is 6.54 Å². The molecule has 0 saturated heterocycles. The van der Waals surface area contributed by atoms with Crippen LogP contribution in [0.4, 0.5) is 0 Å². The molecule has 1 saturated carbocycles. The third kappa shape index (κ3) is 4.87. The van der Waals surface area contributed by atoms with Crippen LogP contribution in [0.3, 0.4) is 0 Å². The zero-order valence-electron chi connectivity index (χ0n) is 12.6. The smallest absolute Gasteiger partial charge is 0.0963 e. The molecule has 1 atom stereocenters. The van der Waals surface area contributed by atoms with Crippen LogP contribution in [-0.4, -0.2) is 18.7 Å². The van der Waals surface area contributed by atoms with E-state index in [-0.39, 0.29) is 6.10 Å². The van der Waals surface area contributed by atoms with E-state index >= 15 is 0 Å². The van der Waals surface area contributed by atoms with E-state index in [1.807, 2.05) is 0 Å². The minimum atomic E-state index is 0.135. The lowest BCUT2D eigenvalue weighted by molar-refractivity contribution is -0.0316. The molecule has 1 unspecified atom stereocenters. The Kier molecular flexibility index (Phi) is 6.53. The lowest BCUT2D eigenvalue weighted by Crippen LogP contribution is -2.31. The topological polar surface area (TPSA) is 21.3 Å². The summed E-state index contributed by atoms with van der Waals surface area (Å²) in [6.45, 7) is 5.23. The third-order valence-corrected chi connectivity index (χ3v) is 4.59. The zero-order valence-corrected chi connectivity index (χ0v) is 14.2. The van der Waals surface area contributed by atoms with Gasteiger partial charge >= 0.3 is 0 Å². The molecule has 0 aromatic heterocycles. The standard InChI is InChI=1S/C17H26BrNO/c1-13(2)19-12-17(15-10-6-7-11-16(15)18)20-14-8-4-3-5-9-14/h6-7,10-11,13-14,17,19H,3-5,8-9,12H2,1-2H3. The predicted octanol–water partition coefficient (Wildman–Crippen LogP) is 4.84. The molecule has 3 heteroatoms. The van der Waals surface area contributed by atoms with Crippen molar-refractivity contribution in [1.29, 1.82) is 0 Å². The summed E-state index contributed by atoms with van der Waals surface area (Å²) in [6.07, 6.45) is 6.97. The van der Waals surface area contributed by atoms with Gasteiger partial charge < -0.3 is 10.1 Å². The summed E-state index contributed by atoms with van der Waals surface area (Å²) >= 11 is 3.66. The highest BCUT2D eigenvalue weighted by molar-refractivity contribution is 9.10. The molecule has 1 aromatic rings. The number of hydrogen-bond donors (Lipinski definition) is 1. The molecular weight excluding hydrogens is 314 g/mol. The van der Waals surface area contributed by atoms with Gasteiger partial charge in [0.1, 0.15) is 0 Å². The van der Waals surface area contributed by atoms with Gasteiger partial charge in [0.25, 0.3) is 0 Å². The maximum atomic E-state index is 6.42. The number of ether oxygens (including phenoxy) is 1. The Morgan fingerprint density at radius 2 is 1.90 bits per heavy atom. The molecule has 0 bridgehead atoms. The Hall–Kier alpha value is -0.380. The molecule has 112 valence electrons. The average molecular weight is 340 g/mol. The van der Waals surface area contributed by atoms with Crippen molar-refractivity contribution >= 4 is 15.9 Å². The molecule has 0 heterocycles. The Morgan fingerprint density at radius 1 is 1.20 bits per heavy atom. The Balaban J connectivity index is 2.05. The molecular formula is C17H26BrNO. The molecule has 20 heavy (non-hydrogen) atoms. The number of hydrogen-bond acceptors (Lipinski definition) is 2. The van der Waals surface area contributed by atoms with Crippen LogP contribution in [0.15, 0.2) is 28.7 Å². The van der Waals surface area contributed by atoms with Crippen LogP contribution in [0.1, 0.15) is 57.6 Å². The lowest BCUT2D eigenvalue weighted by atomic mass is 9.97. The van der Waals surface area contributed by atoms with Crippen LogP contribution in [0.25, 0.3) is 0 Å². The third-order valence-electron chi connectivity index (χ3n) is 3.87. The van der Waals surface area contributed by atoms with Gasteiger partial charge in [-0.25, -0.2) is 0 Å². The number of nitrogens with one attached hydrogen (secondary N) is 1. The van der Waals surface area contributed by atoms with Crippen molar-refractivity contribution in [3.63, 3.8) is 0 Å². The van der Waals surface area contributed by atoms with E-state index in [0.29, 0.717) is 12.1 Å². The Labute approximate surface area is 131 Å². The first kappa shape index (κ1) is 16.0. The lowest BCUT2D eigenvalue weighted by Gasteiger charge is -2.29. The molecule has 0 aliphatic heterocycles. The number of rotatable bonds is 6. The molecule has 1 aromatic carbocycles. The fourth-order valence-corrected chi connectivity index (χ4v) is 3.28. The largest absolute Gasteiger partial charge is 0.369 e. The first-order valence-electron chi connectivity index (χ1n) is 7.80. The molecule has 2 rings (SSSR count). The molecule has 1 aliphatic carbocycles. The van der Waals surface area contributed by atoms with Crippen molar-refractivity contribution in [3.8, 4) is 0 Å². The molecule has 0 radical (unpaired) electrons. The van der Waals surface area contributed by atoms with Gasteiger partial charge in [0.2, 0.25) is 0 Å². The van der Waals surface area contributed by atoms with Gasteiger partial charge in [-0.3, -0.25) is 0 Å². The van der Waals surface area contributed by atoms with Gasteiger partial charge in [-0.1, -0.05) is 67.2 Å². The van der Waals surface area contributed by atoms with E-state index in [1.165, 1.54) is 37.7 Å². The summed E-state index contributed by atoms with van der Waals surface area (Å²) in [5.74, 6) is 0. The number of benzene rings is 1. The fraction of sp³-hybridized carbons (Fsp3) is 0.647. The average Bonchev–Trinajstić information content (AvgIpc) is 2.45. The molecule has 1 fully saturated rings. The highest BCUT2D eigenvalue weighted by Gasteiger charge is 2.22. The Morgan fingerprint density at radius 3 is 2.55 bits per heavy atom. The van der Waals surface area contributed by atoms with Gasteiger partial charge in [-0.2, -0.15) is 0 Å². The van der Waals surface area contributed by atoms with Gasteiger partial charge in [0.05, 0.1) is 12.2 Å². The number of halogens is 1. The molecule has 1 N–H and O–H groups in total. The molecule has 1 aliphatic rings. The summed E-state index contributed by atoms with van der Waals surface area (Å²) in [4.78, 5) is 0. The zero-order chi connectivity index (χ0) is 14.4. The molecule has 0 amide bonds. The van der Waals surface area contributed by atoms with Crippen molar-refractivity contribution in [2.45, 2.75) is 64.2 Å². The first-order chi connectivity index (χ1) is 9.66. The fourth-order valence-electron chi connectivity index (χ4n) is 2.74. The van der Waals surface area contributed by atoms with Crippen LogP contribution in [0, 0.1) is 0 Å². The van der Waals surface area contributed by atoms with E-state index in [2.05, 4.69) is 59.4 Å². The van der Waals surface area contributed by atoms with Crippen LogP contribution in [0.5, 0.6) is 0 Å². The summed E-state index contributed by atoms with van der Waals surface area (Å²) in [5, 5.41) is 3.52. The van der Waals surface area contributed by atoms with Crippen LogP contribution in [0.2, 0.25) is 0 Å². The van der Waals surface area contributed by atoms with Crippen molar-refractivity contribution < 1.29 is 4.74 Å². The van der Waals surface area contributed by atoms with Gasteiger partial charge in [-0.15, -0.1) is 0 Å². The second-order valence-corrected chi connectivity index (χ2v) is 6.82. The maximum Gasteiger partial charge on any atom is 0.0963 e. The van der Waals surface area contributed by atoms with E-state index in [0.717, 1.165) is 11.0 Å². The van der Waals surface area contributed by atoms with E-state index in [9.17, 15) is 0 Å². The molecule has 0 spiro atoms. The van der Waals surface area contributed by atoms with Crippen LogP contribution < -0.4 is 5.32 Å². The summed E-state index contributed by atoms with van der Waals surface area (Å²) in [5.41, 5.74) is 1.26. The molecule has 2 nitrogen and oxygen atoms in total. The minimum Gasteiger partial charge on any atom is -0.369 e. The maximum absolute atomic E-state index is 6.42. The van der Waals surface area contributed by atoms with E-state index < -0.39 is 0 Å². The second kappa shape index (κ2) is 8.16. The summed E-state index contributed by atoms with van der Waals surface area (Å²) < 4.78 is 7.56. The van der Waals surface area contributed by atoms with E-state index in [1.54, 1.807) is 0 Å². The Bertz CT molecular complexity index is 402. The highest BCUT2D eigenvalue weighted by Crippen LogP contribution is 2.30. The predicted molar refractivity (Wildman–Crippen MR) is 88.0 cm³/mol. The normalized spacial score (nSPS) is 18.4. The summed E-state index contributed by atoms with van der Waals surface area (Å²) in [6, 6.07) is 8.89. The van der Waals surface area contributed by atoms with Crippen molar-refractivity contribution in [2.24, 2.45) is 0 Å². The van der Waals surface area contributed by atoms with Gasteiger partial charge in [0, 0.05) is 17.1 Å². The summed E-state index contributed by atoms with van der Waals surface area (Å²) in [7, 11) is 0. The minimum absolute atomic E-state index is 0.135. The highest BCUT2D eigenvalue weighted by atomic mass is 79.9. The van der Waals surface area contributed by atoms with Gasteiger partial charge in [0.15, 0.2) is 0 Å². The van der Waals surface area contributed by atoms with Crippen molar-refractivity contribution in [3.05, 3.63) is 34.3 Å².